The van der Waals surface area contributed by atoms with Gasteiger partial charge in [-0.3, -0.25) is 4.90 Å². The van der Waals surface area contributed by atoms with Crippen molar-refractivity contribution in [2.24, 2.45) is 0 Å². The van der Waals surface area contributed by atoms with Crippen molar-refractivity contribution in [2.75, 3.05) is 26.8 Å². The summed E-state index contributed by atoms with van der Waals surface area (Å²) in [6.45, 7) is 12.3. The van der Waals surface area contributed by atoms with Crippen LogP contribution in [-0.2, 0) is 31.9 Å². The van der Waals surface area contributed by atoms with Crippen LogP contribution >= 0.6 is 0 Å². The molecule has 2 aromatic rings. The molecule has 0 N–H and O–H groups in total. The Hall–Kier alpha value is -2.20. The topological polar surface area (TPSA) is 75.0 Å². The molecule has 2 saturated heterocycles. The molecule has 182 valence electrons. The van der Waals surface area contributed by atoms with Gasteiger partial charge < -0.3 is 23.3 Å². The van der Waals surface area contributed by atoms with Crippen LogP contribution in [0.3, 0.4) is 0 Å². The number of fused-ring (bicyclic) bond motifs is 1. The summed E-state index contributed by atoms with van der Waals surface area (Å²) in [5.74, 6) is 0.646. The first-order valence-electron chi connectivity index (χ1n) is 12.1. The van der Waals surface area contributed by atoms with E-state index in [2.05, 4.69) is 43.2 Å². The predicted octanol–water partition coefficient (Wildman–Crippen LogP) is 3.38. The number of benzene rings is 1. The van der Waals surface area contributed by atoms with Gasteiger partial charge in [0.05, 0.1) is 54.1 Å². The quantitative estimate of drug-likeness (QED) is 0.476. The molecule has 4 heterocycles. The Balaban J connectivity index is 1.34. The Kier molecular flexibility index (Phi) is 6.08. The van der Waals surface area contributed by atoms with Gasteiger partial charge >= 0.3 is 13.1 Å². The minimum Gasteiger partial charge on any atom is -0.465 e. The largest absolute Gasteiger partial charge is 0.490 e. The number of aromatic nitrogens is 2. The van der Waals surface area contributed by atoms with E-state index >= 15 is 0 Å². The molecule has 1 aromatic heterocycles. The number of carbonyl (C=O) groups excluding carboxylic acids is 1. The van der Waals surface area contributed by atoms with Gasteiger partial charge in [0.15, 0.2) is 0 Å². The van der Waals surface area contributed by atoms with E-state index in [4.69, 9.17) is 23.8 Å². The lowest BCUT2D eigenvalue weighted by Gasteiger charge is -2.32. The van der Waals surface area contributed by atoms with E-state index in [1.807, 2.05) is 12.1 Å². The van der Waals surface area contributed by atoms with Gasteiger partial charge in [0.2, 0.25) is 0 Å². The Morgan fingerprint density at radius 3 is 2.56 bits per heavy atom. The van der Waals surface area contributed by atoms with Crippen molar-refractivity contribution in [1.82, 2.24) is 14.5 Å². The highest BCUT2D eigenvalue weighted by Gasteiger charge is 2.52. The molecule has 0 spiro atoms. The lowest BCUT2D eigenvalue weighted by atomic mass is 9.75. The van der Waals surface area contributed by atoms with Crippen molar-refractivity contribution < 1.29 is 23.6 Å². The predicted molar refractivity (Wildman–Crippen MR) is 129 cm³/mol. The van der Waals surface area contributed by atoms with Crippen molar-refractivity contribution in [1.29, 1.82) is 0 Å². The van der Waals surface area contributed by atoms with Crippen LogP contribution < -0.4 is 0 Å². The number of esters is 1. The lowest BCUT2D eigenvalue weighted by molar-refractivity contribution is -0.0591. The maximum absolute atomic E-state index is 12.1. The number of nitrogens with zero attached hydrogens (tertiary/aromatic N) is 3. The highest BCUT2D eigenvalue weighted by molar-refractivity contribution is 6.54. The Labute approximate surface area is 201 Å². The summed E-state index contributed by atoms with van der Waals surface area (Å²) in [4.78, 5) is 19.4. The fraction of sp³-hybridized carbons (Fsp3) is 0.600. The van der Waals surface area contributed by atoms with E-state index in [1.165, 1.54) is 12.6 Å². The summed E-state index contributed by atoms with van der Waals surface area (Å²) in [6, 6.07) is 5.55. The average Bonchev–Trinajstić information content (AvgIpc) is 3.22. The van der Waals surface area contributed by atoms with E-state index in [9.17, 15) is 4.79 Å². The summed E-state index contributed by atoms with van der Waals surface area (Å²) in [7, 11) is 1.13. The van der Waals surface area contributed by atoms with Crippen LogP contribution in [0.4, 0.5) is 0 Å². The summed E-state index contributed by atoms with van der Waals surface area (Å²) in [5, 5.41) is 0. The second-order valence-corrected chi connectivity index (χ2v) is 10.5. The summed E-state index contributed by atoms with van der Waals surface area (Å²) >= 11 is 0. The third-order valence-corrected chi connectivity index (χ3v) is 7.68. The number of rotatable bonds is 6. The first-order chi connectivity index (χ1) is 16.2. The minimum absolute atomic E-state index is 0.189. The van der Waals surface area contributed by atoms with Gasteiger partial charge in [-0.2, -0.15) is 0 Å². The monoisotopic (exact) mass is 467 g/mol. The van der Waals surface area contributed by atoms with Gasteiger partial charge in [0.1, 0.15) is 5.82 Å². The van der Waals surface area contributed by atoms with Gasteiger partial charge in [-0.05, 0) is 64.2 Å². The third-order valence-electron chi connectivity index (χ3n) is 7.68. The molecule has 34 heavy (non-hydrogen) atoms. The van der Waals surface area contributed by atoms with Crippen LogP contribution in [0.15, 0.2) is 29.7 Å². The van der Waals surface area contributed by atoms with Gasteiger partial charge in [-0.1, -0.05) is 6.08 Å². The van der Waals surface area contributed by atoms with Crippen molar-refractivity contribution in [2.45, 2.75) is 70.9 Å². The van der Waals surface area contributed by atoms with Crippen LogP contribution in [0, 0.1) is 0 Å². The van der Waals surface area contributed by atoms with E-state index < -0.39 is 0 Å². The maximum Gasteiger partial charge on any atom is 0.490 e. The maximum atomic E-state index is 12.1. The number of ether oxygens (including phenoxy) is 2. The normalized spacial score (nSPS) is 24.2. The molecule has 8 nitrogen and oxygen atoms in total. The van der Waals surface area contributed by atoms with Gasteiger partial charge in [0, 0.05) is 19.7 Å². The van der Waals surface area contributed by atoms with E-state index in [-0.39, 0.29) is 30.4 Å². The number of carbonyl (C=O) groups is 1. The van der Waals surface area contributed by atoms with Gasteiger partial charge in [-0.15, -0.1) is 0 Å². The Morgan fingerprint density at radius 2 is 1.97 bits per heavy atom. The standard InChI is InChI=1S/C25H34BN3O5/c1-24(2)25(3,4)34-26(33-24)18-8-11-28(12-9-18)16-22-27-20-7-6-17(23(30)31-5)14-21(20)29(22)15-19-10-13-32-19/h6-8,14,19H,9-13,15-16H2,1-5H3/t19-/m0/s1. The second kappa shape index (κ2) is 8.79. The number of imidazole rings is 1. The fourth-order valence-corrected chi connectivity index (χ4v) is 4.65. The van der Waals surface area contributed by atoms with Crippen molar-refractivity contribution >= 4 is 24.1 Å². The molecule has 0 bridgehead atoms. The molecule has 2 fully saturated rings. The van der Waals surface area contributed by atoms with Gasteiger partial charge in [-0.25, -0.2) is 9.78 Å². The summed E-state index contributed by atoms with van der Waals surface area (Å²) in [6.07, 6.45) is 4.37. The van der Waals surface area contributed by atoms with Gasteiger partial charge in [0.25, 0.3) is 0 Å². The van der Waals surface area contributed by atoms with Crippen molar-refractivity contribution in [3.05, 3.63) is 41.1 Å². The van der Waals surface area contributed by atoms with Crippen LogP contribution in [0.1, 0.15) is 56.7 Å². The zero-order valence-corrected chi connectivity index (χ0v) is 20.8. The summed E-state index contributed by atoms with van der Waals surface area (Å²) < 4.78 is 25.3. The van der Waals surface area contributed by atoms with Crippen LogP contribution in [0.25, 0.3) is 11.0 Å². The average molecular weight is 467 g/mol. The summed E-state index contributed by atoms with van der Waals surface area (Å²) in [5.41, 5.74) is 2.92. The second-order valence-electron chi connectivity index (χ2n) is 10.5. The van der Waals surface area contributed by atoms with E-state index in [0.717, 1.165) is 62.5 Å². The first kappa shape index (κ1) is 23.5. The zero-order valence-electron chi connectivity index (χ0n) is 20.8. The Morgan fingerprint density at radius 1 is 1.24 bits per heavy atom. The fourth-order valence-electron chi connectivity index (χ4n) is 4.65. The van der Waals surface area contributed by atoms with E-state index in [1.54, 1.807) is 6.07 Å². The zero-order chi connectivity index (χ0) is 24.1. The number of methoxy groups -OCH3 is 1. The molecule has 5 rings (SSSR count). The van der Waals surface area contributed by atoms with Crippen molar-refractivity contribution in [3.8, 4) is 0 Å². The molecule has 0 unspecified atom stereocenters. The number of hydrogen-bond donors (Lipinski definition) is 0. The highest BCUT2D eigenvalue weighted by Crippen LogP contribution is 2.39. The van der Waals surface area contributed by atoms with Crippen molar-refractivity contribution in [3.63, 3.8) is 0 Å². The molecule has 3 aliphatic heterocycles. The van der Waals surface area contributed by atoms with Crippen LogP contribution in [0.5, 0.6) is 0 Å². The first-order valence-corrected chi connectivity index (χ1v) is 12.1. The molecular weight excluding hydrogens is 433 g/mol. The minimum atomic E-state index is -0.340. The van der Waals surface area contributed by atoms with Crippen LogP contribution in [-0.4, -0.2) is 71.7 Å². The molecular formula is C25H34BN3O5. The molecule has 0 amide bonds. The van der Waals surface area contributed by atoms with Crippen LogP contribution in [0.2, 0.25) is 0 Å². The molecule has 0 radical (unpaired) electrons. The SMILES string of the molecule is COC(=O)c1ccc2nc(CN3CC=C(B4OC(C)(C)C(C)(C)O4)CC3)n(C[C@@H]3CCO3)c2c1. The Bertz CT molecular complexity index is 1110. The van der Waals surface area contributed by atoms with E-state index in [0.29, 0.717) is 5.56 Å². The third kappa shape index (κ3) is 4.30. The number of hydrogen-bond acceptors (Lipinski definition) is 7. The molecule has 1 atom stereocenters. The smallest absolute Gasteiger partial charge is 0.465 e. The molecule has 0 aliphatic carbocycles. The molecule has 3 aliphatic rings. The molecule has 1 aromatic carbocycles. The molecule has 0 saturated carbocycles. The highest BCUT2D eigenvalue weighted by atomic mass is 16.7. The lowest BCUT2D eigenvalue weighted by Crippen LogP contribution is -2.41. The molecule has 9 heteroatoms.